The Kier molecular flexibility index (Phi) is 6.95. The van der Waals surface area contributed by atoms with E-state index >= 15 is 0 Å². The molecule has 0 radical (unpaired) electrons. The van der Waals surface area contributed by atoms with Crippen LogP contribution in [-0.2, 0) is 0 Å². The van der Waals surface area contributed by atoms with Gasteiger partial charge < -0.3 is 13.7 Å². The second-order valence-corrected chi connectivity index (χ2v) is 14.2. The summed E-state index contributed by atoms with van der Waals surface area (Å²) in [6.07, 6.45) is 0. The molecule has 0 spiro atoms. The molecule has 57 heavy (non-hydrogen) atoms. The van der Waals surface area contributed by atoms with E-state index in [0.29, 0.717) is 17.1 Å². The smallest absolute Gasteiger partial charge is 0.212 e. The van der Waals surface area contributed by atoms with Crippen LogP contribution in [0.1, 0.15) is 0 Å². The maximum absolute atomic E-state index is 8.39. The van der Waals surface area contributed by atoms with Gasteiger partial charge in [0.25, 0.3) is 0 Å². The maximum atomic E-state index is 8.39. The molecule has 0 unspecified atom stereocenters. The molecule has 0 bridgehead atoms. The lowest BCUT2D eigenvalue weighted by atomic mass is 10.0. The number of hydrogen-bond donors (Lipinski definition) is 0. The average molecular weight is 725 g/mol. The minimum atomic E-state index is 0.478. The molecule has 6 nitrogen and oxygen atoms in total. The van der Waals surface area contributed by atoms with Gasteiger partial charge >= 0.3 is 0 Å². The normalized spacial score (nSPS) is 11.5. The van der Waals surface area contributed by atoms with Gasteiger partial charge in [-0.25, -0.2) is 14.5 Å². The van der Waals surface area contributed by atoms with Crippen LogP contribution in [-0.4, -0.2) is 13.7 Å². The van der Waals surface area contributed by atoms with E-state index < -0.39 is 0 Å². The molecule has 0 N–H and O–H groups in total. The third-order valence-corrected chi connectivity index (χ3v) is 11.3. The SMILES string of the molecule is [C-]#[N+]c1cc(-n2c3ccccc3c3cc(-n4c5ccccc5c5ccccc54)c([N+]#[C-])cc32)ccc1-c1ccc(-n2c3ccccc3c3ccccc32)c([N+]#[C-])c1. The lowest BCUT2D eigenvalue weighted by Crippen LogP contribution is -1.97. The summed E-state index contributed by atoms with van der Waals surface area (Å²) in [5.74, 6) is 0. The Morgan fingerprint density at radius 2 is 0.754 bits per heavy atom. The molecule has 6 heteroatoms. The third kappa shape index (κ3) is 4.61. The molecule has 0 amide bonds. The second-order valence-electron chi connectivity index (χ2n) is 14.2. The minimum Gasteiger partial charge on any atom is -0.319 e. The van der Waals surface area contributed by atoms with Crippen LogP contribution in [0.2, 0.25) is 0 Å². The molecule has 0 saturated carbocycles. The molecule has 0 aliphatic carbocycles. The van der Waals surface area contributed by atoms with Gasteiger partial charge in [-0.05, 0) is 77.9 Å². The highest BCUT2D eigenvalue weighted by atomic mass is 15.0. The summed E-state index contributed by atoms with van der Waals surface area (Å²) in [4.78, 5) is 12.1. The fraction of sp³-hybridized carbons (Fsp3) is 0. The van der Waals surface area contributed by atoms with Crippen LogP contribution in [0, 0.1) is 19.7 Å². The molecule has 11 rings (SSSR count). The molecule has 0 atom stereocenters. The van der Waals surface area contributed by atoms with Crippen LogP contribution >= 0.6 is 0 Å². The van der Waals surface area contributed by atoms with Gasteiger partial charge in [0.2, 0.25) is 11.4 Å². The number of rotatable bonds is 4. The van der Waals surface area contributed by atoms with E-state index in [-0.39, 0.29) is 0 Å². The molecule has 0 aliphatic heterocycles. The first kappa shape index (κ1) is 32.1. The Balaban J connectivity index is 1.08. The van der Waals surface area contributed by atoms with Crippen LogP contribution in [0.15, 0.2) is 170 Å². The van der Waals surface area contributed by atoms with Gasteiger partial charge in [-0.3, -0.25) is 0 Å². The van der Waals surface area contributed by atoms with E-state index in [4.69, 9.17) is 19.7 Å². The van der Waals surface area contributed by atoms with Crippen molar-refractivity contribution in [1.29, 1.82) is 0 Å². The Hall–Kier alpha value is -8.37. The van der Waals surface area contributed by atoms with E-state index in [0.717, 1.165) is 93.6 Å². The first-order chi connectivity index (χ1) is 28.2. The minimum absolute atomic E-state index is 0.478. The van der Waals surface area contributed by atoms with Crippen molar-refractivity contribution in [2.75, 3.05) is 0 Å². The van der Waals surface area contributed by atoms with Crippen molar-refractivity contribution in [3.05, 3.63) is 204 Å². The topological polar surface area (TPSA) is 27.9 Å². The highest BCUT2D eigenvalue weighted by Gasteiger charge is 2.21. The molecule has 8 aromatic carbocycles. The standard InChI is InChI=1S/C51H28N6/c1-52-41-29-33(25-26-34(41)32-24-27-49(42(28-32)53-2)56-45-20-10-4-14-35(45)36-15-5-11-21-46(36)56)55-44-19-9-8-18-39(44)40-30-51(43(54-3)31-50(40)55)57-47-22-12-6-16-37(47)38-17-7-13-23-48(38)57/h4-31H. The second kappa shape index (κ2) is 12.3. The van der Waals surface area contributed by atoms with Gasteiger partial charge in [0, 0.05) is 43.5 Å². The van der Waals surface area contributed by atoms with E-state index in [1.165, 1.54) is 0 Å². The van der Waals surface area contributed by atoms with E-state index in [1.807, 2.05) is 91.0 Å². The molecule has 11 aromatic rings. The number of hydrogen-bond acceptors (Lipinski definition) is 0. The predicted molar refractivity (Wildman–Crippen MR) is 234 cm³/mol. The van der Waals surface area contributed by atoms with Gasteiger partial charge in [0.1, 0.15) is 0 Å². The summed E-state index contributed by atoms with van der Waals surface area (Å²) in [6.45, 7) is 25.0. The molecular weight excluding hydrogens is 697 g/mol. The van der Waals surface area contributed by atoms with Crippen molar-refractivity contribution in [2.24, 2.45) is 0 Å². The monoisotopic (exact) mass is 724 g/mol. The van der Waals surface area contributed by atoms with E-state index in [2.05, 4.69) is 107 Å². The fourth-order valence-electron chi connectivity index (χ4n) is 8.87. The van der Waals surface area contributed by atoms with Gasteiger partial charge in [-0.15, -0.1) is 0 Å². The lowest BCUT2D eigenvalue weighted by Gasteiger charge is -2.15. The summed E-state index contributed by atoms with van der Waals surface area (Å²) < 4.78 is 6.52. The summed E-state index contributed by atoms with van der Waals surface area (Å²) >= 11 is 0. The zero-order chi connectivity index (χ0) is 38.2. The van der Waals surface area contributed by atoms with E-state index in [1.54, 1.807) is 0 Å². The van der Waals surface area contributed by atoms with Crippen LogP contribution < -0.4 is 0 Å². The molecule has 3 heterocycles. The maximum Gasteiger partial charge on any atom is 0.212 e. The largest absolute Gasteiger partial charge is 0.319 e. The molecule has 262 valence electrons. The van der Waals surface area contributed by atoms with Crippen molar-refractivity contribution < 1.29 is 0 Å². The number of benzene rings is 8. The zero-order valence-electron chi connectivity index (χ0n) is 30.3. The Labute approximate surface area is 327 Å². The molecule has 0 aliphatic rings. The van der Waals surface area contributed by atoms with Crippen molar-refractivity contribution in [3.63, 3.8) is 0 Å². The highest BCUT2D eigenvalue weighted by Crippen LogP contribution is 2.44. The zero-order valence-corrected chi connectivity index (χ0v) is 30.3. The number of para-hydroxylation sites is 5. The summed E-state index contributed by atoms with van der Waals surface area (Å²) in [6, 6.07) is 57.5. The number of nitrogens with zero attached hydrogens (tertiary/aromatic N) is 6. The molecule has 3 aromatic heterocycles. The molecule has 0 saturated heterocycles. The van der Waals surface area contributed by atoms with Gasteiger partial charge in [0.15, 0.2) is 5.69 Å². The average Bonchev–Trinajstić information content (AvgIpc) is 3.91. The quantitative estimate of drug-likeness (QED) is 0.162. The van der Waals surface area contributed by atoms with Crippen molar-refractivity contribution >= 4 is 82.5 Å². The summed E-state index contributed by atoms with van der Waals surface area (Å²) in [7, 11) is 0. The number of aromatic nitrogens is 3. The predicted octanol–water partition coefficient (Wildman–Crippen LogP) is 14.3. The summed E-state index contributed by atoms with van der Waals surface area (Å²) in [5, 5.41) is 6.63. The Morgan fingerprint density at radius 1 is 0.316 bits per heavy atom. The van der Waals surface area contributed by atoms with Crippen LogP contribution in [0.3, 0.4) is 0 Å². The Morgan fingerprint density at radius 3 is 1.26 bits per heavy atom. The van der Waals surface area contributed by atoms with Crippen molar-refractivity contribution in [1.82, 2.24) is 13.7 Å². The number of fused-ring (bicyclic) bond motifs is 9. The fourth-order valence-corrected chi connectivity index (χ4v) is 8.87. The third-order valence-electron chi connectivity index (χ3n) is 11.3. The van der Waals surface area contributed by atoms with Crippen LogP contribution in [0.25, 0.3) is 108 Å². The van der Waals surface area contributed by atoms with Crippen molar-refractivity contribution in [2.45, 2.75) is 0 Å². The molecular formula is C51H28N6. The van der Waals surface area contributed by atoms with Gasteiger partial charge in [-0.1, -0.05) is 103 Å². The van der Waals surface area contributed by atoms with E-state index in [9.17, 15) is 0 Å². The first-order valence-electron chi connectivity index (χ1n) is 18.6. The summed E-state index contributed by atoms with van der Waals surface area (Å²) in [5.41, 5.74) is 11.6. The van der Waals surface area contributed by atoms with Crippen LogP contribution in [0.4, 0.5) is 17.1 Å². The lowest BCUT2D eigenvalue weighted by molar-refractivity contribution is 1.17. The first-order valence-corrected chi connectivity index (χ1v) is 18.6. The van der Waals surface area contributed by atoms with Crippen LogP contribution in [0.5, 0.6) is 0 Å². The van der Waals surface area contributed by atoms with Gasteiger partial charge in [-0.2, -0.15) is 0 Å². The van der Waals surface area contributed by atoms with Crippen molar-refractivity contribution in [3.8, 4) is 28.2 Å². The highest BCUT2D eigenvalue weighted by molar-refractivity contribution is 6.14. The Bertz CT molecular complexity index is 3520. The molecule has 0 fully saturated rings. The van der Waals surface area contributed by atoms with Gasteiger partial charge in [0.05, 0.1) is 58.7 Å².